The Morgan fingerprint density at radius 2 is 1.94 bits per heavy atom. The maximum absolute atomic E-state index is 13.1. The number of morpholine rings is 1. The van der Waals surface area contributed by atoms with Crippen molar-refractivity contribution in [2.75, 3.05) is 43.1 Å². The van der Waals surface area contributed by atoms with Crippen molar-refractivity contribution in [3.8, 4) is 22.9 Å². The topological polar surface area (TPSA) is 74.6 Å². The van der Waals surface area contributed by atoms with Gasteiger partial charge in [-0.05, 0) is 30.2 Å². The zero-order valence-corrected chi connectivity index (χ0v) is 18.6. The minimum absolute atomic E-state index is 0.145. The standard InChI is InChI=1S/C25H25N3O3S/c26-11-4-5-14-31-21-10-6-9-20(17-21)27-24(29)23-18-22(19-7-2-1-3-8-19)25(32-23)28-12-15-30-16-13-28/h1-3,6-10,17-18H,4-5,12-16H2,(H,27,29). The minimum Gasteiger partial charge on any atom is -0.493 e. The molecule has 6 nitrogen and oxygen atoms in total. The van der Waals surface area contributed by atoms with Gasteiger partial charge in [0.25, 0.3) is 5.91 Å². The molecular weight excluding hydrogens is 422 g/mol. The average Bonchev–Trinajstić information content (AvgIpc) is 3.29. The van der Waals surface area contributed by atoms with Gasteiger partial charge in [-0.2, -0.15) is 5.26 Å². The van der Waals surface area contributed by atoms with Crippen LogP contribution in [0.5, 0.6) is 5.75 Å². The fraction of sp³-hybridized carbons (Fsp3) is 0.280. The molecule has 7 heteroatoms. The van der Waals surface area contributed by atoms with Crippen LogP contribution in [0.25, 0.3) is 11.1 Å². The largest absolute Gasteiger partial charge is 0.493 e. The SMILES string of the molecule is N#CCCCOc1cccc(NC(=O)c2cc(-c3ccccc3)c(N3CCOCC3)s2)c1. The first kappa shape index (κ1) is 21.9. The van der Waals surface area contributed by atoms with Crippen LogP contribution in [0.4, 0.5) is 10.7 Å². The predicted molar refractivity (Wildman–Crippen MR) is 128 cm³/mol. The number of unbranched alkanes of at least 4 members (excludes halogenated alkanes) is 1. The van der Waals surface area contributed by atoms with Gasteiger partial charge in [-0.3, -0.25) is 4.79 Å². The molecule has 0 spiro atoms. The second-order valence-corrected chi connectivity index (χ2v) is 8.42. The number of nitriles is 1. The van der Waals surface area contributed by atoms with Gasteiger partial charge in [0.1, 0.15) is 5.75 Å². The quantitative estimate of drug-likeness (QED) is 0.481. The van der Waals surface area contributed by atoms with E-state index in [-0.39, 0.29) is 5.91 Å². The minimum atomic E-state index is -0.145. The lowest BCUT2D eigenvalue weighted by Crippen LogP contribution is -2.35. The number of carbonyl (C=O) groups is 1. The molecule has 0 unspecified atom stereocenters. The van der Waals surface area contributed by atoms with Crippen LogP contribution in [0.3, 0.4) is 0 Å². The van der Waals surface area contributed by atoms with E-state index in [9.17, 15) is 4.79 Å². The van der Waals surface area contributed by atoms with E-state index in [1.165, 1.54) is 11.3 Å². The van der Waals surface area contributed by atoms with E-state index in [0.29, 0.717) is 49.0 Å². The first-order chi connectivity index (χ1) is 15.7. The van der Waals surface area contributed by atoms with Crippen molar-refractivity contribution >= 4 is 27.9 Å². The van der Waals surface area contributed by atoms with Crippen LogP contribution in [0.15, 0.2) is 60.7 Å². The Morgan fingerprint density at radius 3 is 2.72 bits per heavy atom. The molecule has 164 valence electrons. The Bertz CT molecular complexity index is 1090. The van der Waals surface area contributed by atoms with E-state index in [2.05, 4.69) is 28.4 Å². The molecular formula is C25H25N3O3S. The highest BCUT2D eigenvalue weighted by molar-refractivity contribution is 7.18. The molecule has 0 radical (unpaired) electrons. The number of nitrogens with zero attached hydrogens (tertiary/aromatic N) is 2. The predicted octanol–water partition coefficient (Wildman–Crippen LogP) is 5.19. The van der Waals surface area contributed by atoms with Crippen molar-refractivity contribution in [2.45, 2.75) is 12.8 Å². The summed E-state index contributed by atoms with van der Waals surface area (Å²) in [5.74, 6) is 0.527. The smallest absolute Gasteiger partial charge is 0.265 e. The van der Waals surface area contributed by atoms with Gasteiger partial charge in [0.05, 0.1) is 35.8 Å². The van der Waals surface area contributed by atoms with Crippen molar-refractivity contribution in [2.24, 2.45) is 0 Å². The Hall–Kier alpha value is -3.34. The second-order valence-electron chi connectivity index (χ2n) is 7.39. The van der Waals surface area contributed by atoms with Gasteiger partial charge in [-0.15, -0.1) is 11.3 Å². The second kappa shape index (κ2) is 10.8. The van der Waals surface area contributed by atoms with Gasteiger partial charge in [-0.1, -0.05) is 36.4 Å². The third kappa shape index (κ3) is 5.47. The first-order valence-electron chi connectivity index (χ1n) is 10.7. The summed E-state index contributed by atoms with van der Waals surface area (Å²) in [5, 5.41) is 12.7. The summed E-state index contributed by atoms with van der Waals surface area (Å²) in [6.07, 6.45) is 1.14. The third-order valence-electron chi connectivity index (χ3n) is 5.11. The normalized spacial score (nSPS) is 13.4. The highest BCUT2D eigenvalue weighted by atomic mass is 32.1. The molecule has 1 N–H and O–H groups in total. The van der Waals surface area contributed by atoms with Crippen LogP contribution in [0.1, 0.15) is 22.5 Å². The van der Waals surface area contributed by atoms with E-state index < -0.39 is 0 Å². The lowest BCUT2D eigenvalue weighted by Gasteiger charge is -2.28. The number of amides is 1. The van der Waals surface area contributed by atoms with Gasteiger partial charge >= 0.3 is 0 Å². The Morgan fingerprint density at radius 1 is 1.12 bits per heavy atom. The van der Waals surface area contributed by atoms with Gasteiger partial charge in [0.2, 0.25) is 0 Å². The molecule has 0 atom stereocenters. The zero-order chi connectivity index (χ0) is 22.2. The van der Waals surface area contributed by atoms with Gasteiger partial charge in [0, 0.05) is 36.8 Å². The first-order valence-corrected chi connectivity index (χ1v) is 11.5. The molecule has 1 amide bonds. The molecule has 2 heterocycles. The van der Waals surface area contributed by atoms with Gasteiger partial charge in [0.15, 0.2) is 0 Å². The van der Waals surface area contributed by atoms with Crippen LogP contribution >= 0.6 is 11.3 Å². The molecule has 1 aliphatic rings. The Kier molecular flexibility index (Phi) is 7.38. The van der Waals surface area contributed by atoms with Crippen LogP contribution in [0.2, 0.25) is 0 Å². The summed E-state index contributed by atoms with van der Waals surface area (Å²) in [7, 11) is 0. The molecule has 1 aliphatic heterocycles. The molecule has 32 heavy (non-hydrogen) atoms. The number of nitrogens with one attached hydrogen (secondary N) is 1. The zero-order valence-electron chi connectivity index (χ0n) is 17.8. The fourth-order valence-electron chi connectivity index (χ4n) is 3.52. The lowest BCUT2D eigenvalue weighted by atomic mass is 10.1. The highest BCUT2D eigenvalue weighted by Gasteiger charge is 2.22. The molecule has 1 saturated heterocycles. The number of hydrogen-bond acceptors (Lipinski definition) is 6. The molecule has 0 bridgehead atoms. The number of benzene rings is 2. The molecule has 0 saturated carbocycles. The maximum Gasteiger partial charge on any atom is 0.265 e. The van der Waals surface area contributed by atoms with E-state index in [1.807, 2.05) is 42.5 Å². The molecule has 2 aromatic carbocycles. The highest BCUT2D eigenvalue weighted by Crippen LogP contribution is 2.39. The van der Waals surface area contributed by atoms with Gasteiger partial charge < -0.3 is 19.7 Å². The number of ether oxygens (including phenoxy) is 2. The Labute approximate surface area is 192 Å². The third-order valence-corrected chi connectivity index (χ3v) is 6.31. The van der Waals surface area contributed by atoms with Crippen molar-refractivity contribution in [1.29, 1.82) is 5.26 Å². The summed E-state index contributed by atoms with van der Waals surface area (Å²) in [6, 6.07) is 21.6. The summed E-state index contributed by atoms with van der Waals surface area (Å²) in [5.41, 5.74) is 2.84. The molecule has 1 fully saturated rings. The van der Waals surface area contributed by atoms with Crippen LogP contribution in [-0.2, 0) is 4.74 Å². The van der Waals surface area contributed by atoms with E-state index in [0.717, 1.165) is 29.2 Å². The van der Waals surface area contributed by atoms with E-state index in [4.69, 9.17) is 14.7 Å². The van der Waals surface area contributed by atoms with Crippen molar-refractivity contribution in [3.63, 3.8) is 0 Å². The molecule has 0 aliphatic carbocycles. The van der Waals surface area contributed by atoms with Crippen molar-refractivity contribution in [1.82, 2.24) is 0 Å². The average molecular weight is 448 g/mol. The molecule has 1 aromatic heterocycles. The fourth-order valence-corrected chi connectivity index (χ4v) is 4.64. The number of rotatable bonds is 8. The van der Waals surface area contributed by atoms with Crippen LogP contribution in [-0.4, -0.2) is 38.8 Å². The Balaban J connectivity index is 1.52. The summed E-state index contributed by atoms with van der Waals surface area (Å²) in [6.45, 7) is 3.47. The summed E-state index contributed by atoms with van der Waals surface area (Å²) >= 11 is 1.51. The van der Waals surface area contributed by atoms with E-state index in [1.54, 1.807) is 6.07 Å². The lowest BCUT2D eigenvalue weighted by molar-refractivity contribution is 0.103. The molecule has 3 aromatic rings. The van der Waals surface area contributed by atoms with Crippen molar-refractivity contribution < 1.29 is 14.3 Å². The van der Waals surface area contributed by atoms with Crippen LogP contribution < -0.4 is 15.0 Å². The summed E-state index contributed by atoms with van der Waals surface area (Å²) < 4.78 is 11.2. The van der Waals surface area contributed by atoms with E-state index >= 15 is 0 Å². The van der Waals surface area contributed by atoms with Crippen LogP contribution in [0, 0.1) is 11.3 Å². The molecule has 4 rings (SSSR count). The number of anilines is 2. The number of hydrogen-bond donors (Lipinski definition) is 1. The number of carbonyl (C=O) groups excluding carboxylic acids is 1. The van der Waals surface area contributed by atoms with Crippen molar-refractivity contribution in [3.05, 3.63) is 65.5 Å². The monoisotopic (exact) mass is 447 g/mol. The number of thiophene rings is 1. The summed E-state index contributed by atoms with van der Waals surface area (Å²) in [4.78, 5) is 16.0. The maximum atomic E-state index is 13.1. The van der Waals surface area contributed by atoms with Gasteiger partial charge in [-0.25, -0.2) is 0 Å².